The summed E-state index contributed by atoms with van der Waals surface area (Å²) >= 11 is 0. The summed E-state index contributed by atoms with van der Waals surface area (Å²) < 4.78 is 0. The molecule has 0 saturated carbocycles. The van der Waals surface area contributed by atoms with Crippen LogP contribution in [0.15, 0.2) is 0 Å². The Morgan fingerprint density at radius 2 is 2.06 bits per heavy atom. The van der Waals surface area contributed by atoms with Gasteiger partial charge in [-0.1, -0.05) is 13.8 Å². The molecular weight excluding hydrogens is 228 g/mol. The molecule has 0 radical (unpaired) electrons. The van der Waals surface area contributed by atoms with Gasteiger partial charge < -0.3 is 15.3 Å². The van der Waals surface area contributed by atoms with Crippen molar-refractivity contribution < 1.29 is 9.90 Å². The van der Waals surface area contributed by atoms with Gasteiger partial charge in [0.25, 0.3) is 0 Å². The number of hydrogen-bond acceptors (Lipinski definition) is 3. The fraction of sp³-hybridized carbons (Fsp3) is 0.929. The van der Waals surface area contributed by atoms with Crippen molar-refractivity contribution in [1.29, 1.82) is 0 Å². The highest BCUT2D eigenvalue weighted by molar-refractivity contribution is 5.78. The maximum absolute atomic E-state index is 11.8. The Bertz CT molecular complexity index is 284. The summed E-state index contributed by atoms with van der Waals surface area (Å²) in [5, 5.41) is 13.2. The van der Waals surface area contributed by atoms with Gasteiger partial charge in [0.15, 0.2) is 0 Å². The van der Waals surface area contributed by atoms with E-state index in [1.165, 1.54) is 0 Å². The number of carbonyl (C=O) groups excluding carboxylic acids is 1. The summed E-state index contributed by atoms with van der Waals surface area (Å²) in [4.78, 5) is 13.6. The molecule has 1 heterocycles. The molecule has 0 spiro atoms. The molecule has 1 amide bonds. The average Bonchev–Trinajstić information content (AvgIpc) is 2.57. The van der Waals surface area contributed by atoms with Crippen LogP contribution in [0, 0.1) is 11.8 Å². The van der Waals surface area contributed by atoms with Crippen molar-refractivity contribution in [2.45, 2.75) is 52.7 Å². The summed E-state index contributed by atoms with van der Waals surface area (Å²) in [6.45, 7) is 12.3. The van der Waals surface area contributed by atoms with E-state index < -0.39 is 6.10 Å². The first-order chi connectivity index (χ1) is 8.19. The lowest BCUT2D eigenvalue weighted by atomic mass is 9.95. The van der Waals surface area contributed by atoms with Crippen molar-refractivity contribution in [2.24, 2.45) is 11.8 Å². The number of aliphatic hydroxyl groups excluding tert-OH is 1. The Labute approximate surface area is 111 Å². The predicted octanol–water partition coefficient (Wildman–Crippen LogP) is 1.24. The van der Waals surface area contributed by atoms with Crippen LogP contribution in [-0.2, 0) is 4.79 Å². The lowest BCUT2D eigenvalue weighted by Crippen LogP contribution is -2.45. The molecule has 1 rings (SSSR count). The van der Waals surface area contributed by atoms with Crippen LogP contribution in [0.3, 0.4) is 0 Å². The minimum Gasteiger partial charge on any atom is -0.390 e. The molecule has 1 aliphatic rings. The summed E-state index contributed by atoms with van der Waals surface area (Å²) in [7, 11) is 0. The lowest BCUT2D eigenvalue weighted by Gasteiger charge is -2.26. The molecule has 0 bridgehead atoms. The van der Waals surface area contributed by atoms with Crippen LogP contribution < -0.4 is 5.32 Å². The highest BCUT2D eigenvalue weighted by Crippen LogP contribution is 2.24. The van der Waals surface area contributed by atoms with Gasteiger partial charge >= 0.3 is 0 Å². The van der Waals surface area contributed by atoms with Gasteiger partial charge in [-0.15, -0.1) is 0 Å². The van der Waals surface area contributed by atoms with Gasteiger partial charge in [-0.3, -0.25) is 4.79 Å². The van der Waals surface area contributed by atoms with Gasteiger partial charge in [-0.2, -0.15) is 0 Å². The summed E-state index contributed by atoms with van der Waals surface area (Å²) in [6, 6.07) is 0. The number of nitrogens with zero attached hydrogens (tertiary/aromatic N) is 1. The molecular formula is C14H28N2O2. The maximum Gasteiger partial charge on any atom is 0.223 e. The molecule has 2 unspecified atom stereocenters. The zero-order chi connectivity index (χ0) is 13.9. The summed E-state index contributed by atoms with van der Waals surface area (Å²) in [6.07, 6.45) is 0.149. The zero-order valence-corrected chi connectivity index (χ0v) is 12.4. The molecule has 1 fully saturated rings. The highest BCUT2D eigenvalue weighted by atomic mass is 16.3. The smallest absolute Gasteiger partial charge is 0.223 e. The quantitative estimate of drug-likeness (QED) is 0.778. The SMILES string of the molecule is CC(C)C1CC(=O)N(CC(O)CNC(C)(C)C)C1. The number of carbonyl (C=O) groups is 1. The standard InChI is InChI=1S/C14H28N2O2/c1-10(2)11-6-13(18)16(8-11)9-12(17)7-15-14(3,4)5/h10-12,15,17H,6-9H2,1-5H3. The molecule has 0 aromatic heterocycles. The van der Waals surface area contributed by atoms with E-state index in [-0.39, 0.29) is 11.4 Å². The number of hydrogen-bond donors (Lipinski definition) is 2. The fourth-order valence-corrected chi connectivity index (χ4v) is 2.17. The van der Waals surface area contributed by atoms with E-state index in [4.69, 9.17) is 0 Å². The van der Waals surface area contributed by atoms with Crippen molar-refractivity contribution in [1.82, 2.24) is 10.2 Å². The van der Waals surface area contributed by atoms with Gasteiger partial charge in [0.05, 0.1) is 6.10 Å². The summed E-state index contributed by atoms with van der Waals surface area (Å²) in [5.41, 5.74) is -0.00351. The maximum atomic E-state index is 11.8. The molecule has 4 nitrogen and oxygen atoms in total. The normalized spacial score (nSPS) is 22.9. The second-order valence-electron chi connectivity index (χ2n) is 6.79. The first-order valence-electron chi connectivity index (χ1n) is 6.90. The van der Waals surface area contributed by atoms with E-state index in [1.807, 2.05) is 0 Å². The molecule has 18 heavy (non-hydrogen) atoms. The van der Waals surface area contributed by atoms with Gasteiger partial charge in [0, 0.05) is 31.6 Å². The van der Waals surface area contributed by atoms with Crippen molar-refractivity contribution in [3.8, 4) is 0 Å². The van der Waals surface area contributed by atoms with Crippen molar-refractivity contribution >= 4 is 5.91 Å². The van der Waals surface area contributed by atoms with Gasteiger partial charge in [0.2, 0.25) is 5.91 Å². The van der Waals surface area contributed by atoms with Crippen LogP contribution in [0.5, 0.6) is 0 Å². The third-order valence-electron chi connectivity index (χ3n) is 3.49. The number of β-amino-alcohol motifs (C(OH)–C–C–N with tert-alkyl or cyclic N) is 1. The van der Waals surface area contributed by atoms with E-state index >= 15 is 0 Å². The number of aliphatic hydroxyl groups is 1. The van der Waals surface area contributed by atoms with E-state index in [9.17, 15) is 9.90 Å². The van der Waals surface area contributed by atoms with Crippen LogP contribution in [0.1, 0.15) is 41.0 Å². The third-order valence-corrected chi connectivity index (χ3v) is 3.49. The monoisotopic (exact) mass is 256 g/mol. The van der Waals surface area contributed by atoms with Crippen LogP contribution in [0.25, 0.3) is 0 Å². The minimum absolute atomic E-state index is 0.00351. The molecule has 0 aromatic rings. The Hall–Kier alpha value is -0.610. The second-order valence-corrected chi connectivity index (χ2v) is 6.79. The molecule has 4 heteroatoms. The number of nitrogens with one attached hydrogen (secondary N) is 1. The molecule has 2 N–H and O–H groups in total. The molecule has 1 saturated heterocycles. The first-order valence-corrected chi connectivity index (χ1v) is 6.90. The number of amides is 1. The Kier molecular flexibility index (Phi) is 5.17. The van der Waals surface area contributed by atoms with Crippen LogP contribution in [0.4, 0.5) is 0 Å². The summed E-state index contributed by atoms with van der Waals surface area (Å²) in [5.74, 6) is 1.16. The van der Waals surface area contributed by atoms with Crippen LogP contribution in [0.2, 0.25) is 0 Å². The Balaban J connectivity index is 2.36. The van der Waals surface area contributed by atoms with Gasteiger partial charge in [-0.05, 0) is 32.6 Å². The van der Waals surface area contributed by atoms with Crippen molar-refractivity contribution in [3.05, 3.63) is 0 Å². The largest absolute Gasteiger partial charge is 0.390 e. The van der Waals surface area contributed by atoms with Gasteiger partial charge in [-0.25, -0.2) is 0 Å². The van der Waals surface area contributed by atoms with E-state index in [1.54, 1.807) is 4.90 Å². The molecule has 0 aliphatic carbocycles. The molecule has 2 atom stereocenters. The molecule has 106 valence electrons. The predicted molar refractivity (Wildman–Crippen MR) is 73.3 cm³/mol. The topological polar surface area (TPSA) is 52.6 Å². The van der Waals surface area contributed by atoms with E-state index in [0.717, 1.165) is 6.54 Å². The second kappa shape index (κ2) is 6.02. The van der Waals surface area contributed by atoms with Crippen LogP contribution >= 0.6 is 0 Å². The first kappa shape index (κ1) is 15.4. The zero-order valence-electron chi connectivity index (χ0n) is 12.4. The Morgan fingerprint density at radius 1 is 1.44 bits per heavy atom. The highest BCUT2D eigenvalue weighted by Gasteiger charge is 2.32. The lowest BCUT2D eigenvalue weighted by molar-refractivity contribution is -0.128. The van der Waals surface area contributed by atoms with Crippen molar-refractivity contribution in [2.75, 3.05) is 19.6 Å². The number of rotatable bonds is 5. The molecule has 1 aliphatic heterocycles. The third kappa shape index (κ3) is 4.94. The van der Waals surface area contributed by atoms with E-state index in [2.05, 4.69) is 39.9 Å². The Morgan fingerprint density at radius 3 is 2.50 bits per heavy atom. The van der Waals surface area contributed by atoms with Crippen LogP contribution in [-0.4, -0.2) is 47.2 Å². The number of likely N-dealkylation sites (tertiary alicyclic amines) is 1. The van der Waals surface area contributed by atoms with Gasteiger partial charge in [0.1, 0.15) is 0 Å². The molecule has 0 aromatic carbocycles. The average molecular weight is 256 g/mol. The van der Waals surface area contributed by atoms with E-state index in [0.29, 0.717) is 31.3 Å². The minimum atomic E-state index is -0.487. The van der Waals surface area contributed by atoms with Crippen molar-refractivity contribution in [3.63, 3.8) is 0 Å². The fourth-order valence-electron chi connectivity index (χ4n) is 2.17.